The fourth-order valence-electron chi connectivity index (χ4n) is 6.52. The third kappa shape index (κ3) is 23.7. The van der Waals surface area contributed by atoms with Gasteiger partial charge >= 0.3 is 65.7 Å². The van der Waals surface area contributed by atoms with Crippen LogP contribution in [0.15, 0.2) is 121 Å². The van der Waals surface area contributed by atoms with Crippen LogP contribution in [0, 0.1) is 0 Å². The molecular formula is C59H52O33. The standard InChI is InChI=1S/C24H22O12.C22H18O12.C13H12O9/c1-33-17-11-13(3-7-15(17)25)5-9-19(27)35-21(23(29)30)22(24(31)32)36-20(28)10-6-14-4-8-16(26)18(12-14)34-2;23-13-5-1-11(9-15(13)25)3-7-17(27)33-19(21(29)30)20(22(31)32)34-18(28)8-4-12-2-6-14(24)16(26)10-12;14-7-3-1-6(5-8(7)15)2-4-9(16)22-11(13(20)21)10(17)12(18)19/h3-12,21-22,25-26H,1-2H3,(H,29,30)(H,31,32);1-10,19-20,23-26H,(H,29,30)(H,31,32);1-5,10-11,14-15,17H,(H,18,19)(H,20,21)/b9-5+,10-6+;7-3+,8-4+;4-2+. The third-order valence-corrected chi connectivity index (χ3v) is 11.0. The first-order valence-corrected chi connectivity index (χ1v) is 25.0. The number of rotatable bonds is 26. The van der Waals surface area contributed by atoms with Gasteiger partial charge < -0.3 is 110 Å². The highest BCUT2D eigenvalue weighted by Crippen LogP contribution is 2.30. The molecule has 0 aliphatic carbocycles. The first kappa shape index (κ1) is 73.2. The third-order valence-electron chi connectivity index (χ3n) is 11.0. The molecule has 0 aliphatic rings. The SMILES string of the molecule is COc1cc(/C=C/C(=O)OC(C(=O)O)C(OC(=O)/C=C/c2ccc(O)c(OC)c2)C(=O)O)ccc1O.O=C(/C=C/c1ccc(O)c(O)c1)OC(C(=O)O)C(O)C(=O)O.O=C(/C=C/c1ccc(O)c(O)c1)OC(C(=O)O)C(OC(=O)/C=C/c1ccc(O)c(O)c1)C(=O)O. The number of carboxylic acid groups (broad SMARTS) is 6. The molecule has 33 nitrogen and oxygen atoms in total. The molecule has 0 saturated heterocycles. The molecule has 5 aromatic rings. The quantitative estimate of drug-likeness (QED) is 0.0164. The van der Waals surface area contributed by atoms with Gasteiger partial charge in [-0.15, -0.1) is 0 Å². The summed E-state index contributed by atoms with van der Waals surface area (Å²) in [6, 6.07) is 18.9. The highest BCUT2D eigenvalue weighted by Gasteiger charge is 2.41. The fraction of sp³-hybridized carbons (Fsp3) is 0.136. The molecule has 0 aliphatic heterocycles. The Hall–Kier alpha value is -13.1. The number of aliphatic hydroxyl groups excluding tert-OH is 1. The molecular weight excluding hydrogens is 1240 g/mol. The Morgan fingerprint density at radius 3 is 0.696 bits per heavy atom. The number of ether oxygens (including phenoxy) is 7. The van der Waals surface area contributed by atoms with Crippen molar-refractivity contribution in [2.24, 2.45) is 0 Å². The summed E-state index contributed by atoms with van der Waals surface area (Å²) in [6.07, 6.45) is -4.58. The summed E-state index contributed by atoms with van der Waals surface area (Å²) in [6.45, 7) is 0. The molecule has 6 unspecified atom stereocenters. The van der Waals surface area contributed by atoms with Crippen molar-refractivity contribution in [1.29, 1.82) is 0 Å². The maximum atomic E-state index is 12.1. The van der Waals surface area contributed by atoms with Crippen LogP contribution in [-0.2, 0) is 76.4 Å². The van der Waals surface area contributed by atoms with Crippen molar-refractivity contribution < 1.29 is 162 Å². The minimum atomic E-state index is -2.41. The molecule has 0 fully saturated rings. The molecule has 0 radical (unpaired) electrons. The number of aliphatic hydroxyl groups is 1. The number of aromatic hydroxyl groups is 8. The van der Waals surface area contributed by atoms with Crippen LogP contribution in [0.2, 0.25) is 0 Å². The molecule has 0 spiro atoms. The van der Waals surface area contributed by atoms with Gasteiger partial charge in [0.15, 0.2) is 63.6 Å². The summed E-state index contributed by atoms with van der Waals surface area (Å²) in [5, 5.41) is 139. The van der Waals surface area contributed by atoms with Crippen LogP contribution in [0.1, 0.15) is 27.8 Å². The molecule has 486 valence electrons. The predicted molar refractivity (Wildman–Crippen MR) is 305 cm³/mol. The molecule has 5 rings (SSSR count). The zero-order chi connectivity index (χ0) is 69.1. The summed E-state index contributed by atoms with van der Waals surface area (Å²) < 4.78 is 32.9. The van der Waals surface area contributed by atoms with Crippen LogP contribution in [-0.4, -0.2) is 193 Å². The van der Waals surface area contributed by atoms with Crippen LogP contribution in [0.25, 0.3) is 30.4 Å². The van der Waals surface area contributed by atoms with Gasteiger partial charge in [-0.05, 0) is 119 Å². The Kier molecular flexibility index (Phi) is 27.8. The number of aliphatic carboxylic acids is 6. The van der Waals surface area contributed by atoms with Crippen molar-refractivity contribution in [2.75, 3.05) is 14.2 Å². The molecule has 92 heavy (non-hydrogen) atoms. The lowest BCUT2D eigenvalue weighted by Gasteiger charge is -2.19. The van der Waals surface area contributed by atoms with Crippen molar-refractivity contribution in [1.82, 2.24) is 0 Å². The average Bonchev–Trinajstić information content (AvgIpc) is 1.45. The summed E-state index contributed by atoms with van der Waals surface area (Å²) in [7, 11) is 2.64. The Morgan fingerprint density at radius 1 is 0.293 bits per heavy atom. The number of methoxy groups -OCH3 is 2. The van der Waals surface area contributed by atoms with Gasteiger partial charge in [-0.25, -0.2) is 52.7 Å². The van der Waals surface area contributed by atoms with E-state index in [1.807, 2.05) is 0 Å². The number of carbonyl (C=O) groups excluding carboxylic acids is 5. The van der Waals surface area contributed by atoms with Gasteiger partial charge in [0.2, 0.25) is 30.5 Å². The number of hydrogen-bond acceptors (Lipinski definition) is 27. The maximum Gasteiger partial charge on any atom is 0.349 e. The lowest BCUT2D eigenvalue weighted by Crippen LogP contribution is -2.45. The zero-order valence-electron chi connectivity index (χ0n) is 47.0. The normalized spacial score (nSPS) is 12.9. The summed E-state index contributed by atoms with van der Waals surface area (Å²) in [4.78, 5) is 127. The molecule has 5 aromatic carbocycles. The minimum Gasteiger partial charge on any atom is -0.504 e. The molecule has 0 bridgehead atoms. The van der Waals surface area contributed by atoms with E-state index < -0.39 is 131 Å². The fourth-order valence-corrected chi connectivity index (χ4v) is 6.52. The van der Waals surface area contributed by atoms with Crippen molar-refractivity contribution in [3.05, 3.63) is 149 Å². The maximum absolute atomic E-state index is 12.1. The van der Waals surface area contributed by atoms with Gasteiger partial charge in [-0.1, -0.05) is 30.3 Å². The largest absolute Gasteiger partial charge is 0.504 e. The molecule has 6 atom stereocenters. The van der Waals surface area contributed by atoms with Crippen LogP contribution >= 0.6 is 0 Å². The van der Waals surface area contributed by atoms with E-state index in [0.717, 1.165) is 85.0 Å². The van der Waals surface area contributed by atoms with E-state index in [1.165, 1.54) is 81.0 Å². The number of esters is 5. The van der Waals surface area contributed by atoms with E-state index in [1.54, 1.807) is 0 Å². The predicted octanol–water partition coefficient (Wildman–Crippen LogP) is 2.62. The monoisotopic (exact) mass is 1290 g/mol. The highest BCUT2D eigenvalue weighted by atomic mass is 16.6. The average molecular weight is 1290 g/mol. The molecule has 15 N–H and O–H groups in total. The van der Waals surface area contributed by atoms with Crippen molar-refractivity contribution in [3.8, 4) is 57.5 Å². The van der Waals surface area contributed by atoms with Crippen LogP contribution in [0.3, 0.4) is 0 Å². The Labute approximate surface area is 514 Å². The number of benzene rings is 5. The van der Waals surface area contributed by atoms with Gasteiger partial charge in [0.05, 0.1) is 14.2 Å². The van der Waals surface area contributed by atoms with Crippen molar-refractivity contribution in [3.63, 3.8) is 0 Å². The van der Waals surface area contributed by atoms with E-state index in [-0.39, 0.29) is 45.4 Å². The summed E-state index contributed by atoms with van der Waals surface area (Å²) in [5.74, 6) is -20.1. The number of carbonyl (C=O) groups is 11. The van der Waals surface area contributed by atoms with Gasteiger partial charge in [-0.2, -0.15) is 0 Å². The van der Waals surface area contributed by atoms with Gasteiger partial charge in [-0.3, -0.25) is 0 Å². The van der Waals surface area contributed by atoms with E-state index >= 15 is 0 Å². The van der Waals surface area contributed by atoms with E-state index in [4.69, 9.17) is 39.4 Å². The molecule has 0 saturated carbocycles. The Bertz CT molecular complexity index is 3540. The minimum absolute atomic E-state index is 0.116. The van der Waals surface area contributed by atoms with Crippen LogP contribution in [0.5, 0.6) is 57.5 Å². The van der Waals surface area contributed by atoms with E-state index in [0.29, 0.717) is 11.1 Å². The van der Waals surface area contributed by atoms with E-state index in [9.17, 15) is 109 Å². The van der Waals surface area contributed by atoms with Crippen LogP contribution in [0.4, 0.5) is 0 Å². The molecule has 0 heterocycles. The number of hydrogen-bond donors (Lipinski definition) is 15. The van der Waals surface area contributed by atoms with Crippen molar-refractivity contribution in [2.45, 2.75) is 36.6 Å². The second-order valence-electron chi connectivity index (χ2n) is 17.5. The molecule has 0 amide bonds. The Morgan fingerprint density at radius 2 is 0.500 bits per heavy atom. The Balaban J connectivity index is 0.000000371. The smallest absolute Gasteiger partial charge is 0.349 e. The van der Waals surface area contributed by atoms with Gasteiger partial charge in [0, 0.05) is 30.4 Å². The first-order chi connectivity index (χ1) is 43.2. The summed E-state index contributed by atoms with van der Waals surface area (Å²) in [5.41, 5.74) is 1.51. The number of phenols is 8. The lowest BCUT2D eigenvalue weighted by molar-refractivity contribution is -0.183. The number of carboxylic acids is 6. The zero-order valence-corrected chi connectivity index (χ0v) is 47.0. The van der Waals surface area contributed by atoms with Gasteiger partial charge in [0.25, 0.3) is 0 Å². The first-order valence-electron chi connectivity index (χ1n) is 25.0. The topological polar surface area (TPSA) is 556 Å². The number of phenolic OH excluding ortho intramolecular Hbond substituents is 8. The highest BCUT2D eigenvalue weighted by molar-refractivity contribution is 5.96. The summed E-state index contributed by atoms with van der Waals surface area (Å²) >= 11 is 0. The molecule has 33 heteroatoms. The van der Waals surface area contributed by atoms with Gasteiger partial charge in [0.1, 0.15) is 0 Å². The second-order valence-corrected chi connectivity index (χ2v) is 17.5. The van der Waals surface area contributed by atoms with Crippen molar-refractivity contribution >= 4 is 96.0 Å². The van der Waals surface area contributed by atoms with E-state index in [2.05, 4.69) is 14.2 Å². The second kappa shape index (κ2) is 34.9. The van der Waals surface area contributed by atoms with Crippen LogP contribution < -0.4 is 9.47 Å². The lowest BCUT2D eigenvalue weighted by atomic mass is 10.1. The molecule has 0 aromatic heterocycles.